The fraction of sp³-hybridized carbons (Fsp3) is 0.516. The van der Waals surface area contributed by atoms with Crippen LogP contribution in [0.3, 0.4) is 0 Å². The monoisotopic (exact) mass is 602 g/mol. The summed E-state index contributed by atoms with van der Waals surface area (Å²) in [5.41, 5.74) is 3.49. The highest BCUT2D eigenvalue weighted by atomic mass is 35.5. The molecule has 3 aliphatic rings. The van der Waals surface area contributed by atoms with Crippen LogP contribution in [0.2, 0.25) is 10.0 Å². The molecule has 1 N–H and O–H groups in total. The summed E-state index contributed by atoms with van der Waals surface area (Å²) < 4.78 is 11.6. The molecule has 0 aromatic heterocycles. The maximum absolute atomic E-state index is 11.9. The first-order valence-electron chi connectivity index (χ1n) is 14.3. The number of hydrogen-bond acceptors (Lipinski definition) is 6. The maximum atomic E-state index is 11.9. The second kappa shape index (κ2) is 13.0. The molecule has 0 spiro atoms. The fourth-order valence-corrected chi connectivity index (χ4v) is 6.82. The largest absolute Gasteiger partial charge is 0.493 e. The van der Waals surface area contributed by atoms with Gasteiger partial charge in [-0.05, 0) is 85.4 Å². The lowest BCUT2D eigenvalue weighted by molar-refractivity contribution is -0.143. The second-order valence-corrected chi connectivity index (χ2v) is 12.1. The van der Waals surface area contributed by atoms with Crippen LogP contribution in [0.5, 0.6) is 11.5 Å². The molecule has 10 heteroatoms. The molecule has 0 bridgehead atoms. The lowest BCUT2D eigenvalue weighted by Gasteiger charge is -2.35. The molecule has 0 unspecified atom stereocenters. The number of likely N-dealkylation sites (tertiary alicyclic amines) is 1. The molecular formula is C31H36Cl2N2O6. The normalized spacial score (nSPS) is 22.3. The highest BCUT2D eigenvalue weighted by Gasteiger charge is 2.33. The van der Waals surface area contributed by atoms with E-state index >= 15 is 0 Å². The van der Waals surface area contributed by atoms with Crippen molar-refractivity contribution < 1.29 is 29.0 Å². The number of imide groups is 1. The number of carbonyl (C=O) groups excluding carboxylic acids is 2. The maximum Gasteiger partial charge on any atom is 0.306 e. The Labute approximate surface area is 250 Å². The molecule has 2 aromatic rings. The highest BCUT2D eigenvalue weighted by Crippen LogP contribution is 2.42. The van der Waals surface area contributed by atoms with Gasteiger partial charge in [-0.3, -0.25) is 24.2 Å². The third-order valence-corrected chi connectivity index (χ3v) is 9.42. The number of aryl methyl sites for hydroxylation is 1. The van der Waals surface area contributed by atoms with Gasteiger partial charge < -0.3 is 14.6 Å². The van der Waals surface area contributed by atoms with Gasteiger partial charge in [0.1, 0.15) is 6.61 Å². The Morgan fingerprint density at radius 2 is 1.68 bits per heavy atom. The van der Waals surface area contributed by atoms with Crippen LogP contribution in [-0.2, 0) is 27.3 Å². The zero-order chi connectivity index (χ0) is 29.1. The number of hydrogen-bond donors (Lipinski definition) is 1. The minimum absolute atomic E-state index is 0.158. The second-order valence-electron chi connectivity index (χ2n) is 11.3. The number of carbonyl (C=O) groups is 3. The Morgan fingerprint density at radius 1 is 0.976 bits per heavy atom. The molecule has 1 saturated carbocycles. The van der Waals surface area contributed by atoms with Gasteiger partial charge in [-0.15, -0.1) is 0 Å². The third kappa shape index (κ3) is 6.82. The van der Waals surface area contributed by atoms with Crippen molar-refractivity contribution in [2.24, 2.45) is 11.8 Å². The molecule has 5 rings (SSSR count). The van der Waals surface area contributed by atoms with Gasteiger partial charge in [0.25, 0.3) is 0 Å². The number of benzene rings is 2. The molecule has 1 heterocycles. The van der Waals surface area contributed by atoms with E-state index in [-0.39, 0.29) is 49.8 Å². The first-order chi connectivity index (χ1) is 19.7. The Kier molecular flexibility index (Phi) is 9.42. The summed E-state index contributed by atoms with van der Waals surface area (Å²) in [5.74, 6) is 0.310. The molecule has 2 aromatic carbocycles. The van der Waals surface area contributed by atoms with Crippen LogP contribution >= 0.6 is 23.2 Å². The summed E-state index contributed by atoms with van der Waals surface area (Å²) in [6.45, 7) is 1.94. The standard InChI is InChI=1S/C31H36Cl2N2O6/c1-40-28-14-20(4-9-27(28)41-13-12-35-29(36)10-11-30(35)37)18-34(17-19-2-5-21(6-3-19)31(38)39)26-8-7-22-15-24(32)25(33)16-23(22)26/h4,9,14-16,19,21,26H,2-3,5-8,10-13,17-18H2,1H3,(H,38,39)/t19?,21?,26-/m0/s1. The fourth-order valence-electron chi connectivity index (χ4n) is 6.47. The summed E-state index contributed by atoms with van der Waals surface area (Å²) in [5, 5.41) is 10.6. The quantitative estimate of drug-likeness (QED) is 0.319. The summed E-state index contributed by atoms with van der Waals surface area (Å²) in [6, 6.07) is 10.0. The van der Waals surface area contributed by atoms with Crippen LogP contribution in [0.4, 0.5) is 0 Å². The van der Waals surface area contributed by atoms with E-state index in [4.69, 9.17) is 32.7 Å². The van der Waals surface area contributed by atoms with E-state index in [2.05, 4.69) is 4.90 Å². The molecule has 8 nitrogen and oxygen atoms in total. The molecule has 1 saturated heterocycles. The van der Waals surface area contributed by atoms with E-state index < -0.39 is 5.97 Å². The minimum atomic E-state index is -0.690. The van der Waals surface area contributed by atoms with Gasteiger partial charge in [-0.2, -0.15) is 0 Å². The van der Waals surface area contributed by atoms with Crippen LogP contribution in [0.15, 0.2) is 30.3 Å². The topological polar surface area (TPSA) is 96.4 Å². The van der Waals surface area contributed by atoms with Gasteiger partial charge >= 0.3 is 5.97 Å². The van der Waals surface area contributed by atoms with Gasteiger partial charge in [0, 0.05) is 32.0 Å². The van der Waals surface area contributed by atoms with Crippen molar-refractivity contribution in [2.45, 2.75) is 64.0 Å². The molecule has 1 atom stereocenters. The number of amides is 2. The summed E-state index contributed by atoms with van der Waals surface area (Å²) in [4.78, 5) is 39.0. The summed E-state index contributed by atoms with van der Waals surface area (Å²) >= 11 is 12.8. The SMILES string of the molecule is COc1cc(CN(CC2CCC(C(=O)O)CC2)[C@H]2CCc3cc(Cl)c(Cl)cc32)ccc1OCCN1C(=O)CCC1=O. The molecular weight excluding hydrogens is 567 g/mol. The van der Waals surface area contributed by atoms with E-state index in [1.54, 1.807) is 7.11 Å². The van der Waals surface area contributed by atoms with Crippen LogP contribution in [0.25, 0.3) is 0 Å². The first-order valence-corrected chi connectivity index (χ1v) is 15.1. The predicted molar refractivity (Wildman–Crippen MR) is 155 cm³/mol. The zero-order valence-electron chi connectivity index (χ0n) is 23.2. The van der Waals surface area contributed by atoms with Crippen molar-refractivity contribution in [2.75, 3.05) is 26.8 Å². The van der Waals surface area contributed by atoms with Crippen LogP contribution in [0.1, 0.15) is 67.7 Å². The van der Waals surface area contributed by atoms with Crippen LogP contribution in [0, 0.1) is 11.8 Å². The van der Waals surface area contributed by atoms with Crippen LogP contribution in [-0.4, -0.2) is 59.5 Å². The smallest absolute Gasteiger partial charge is 0.306 e. The van der Waals surface area contributed by atoms with Crippen LogP contribution < -0.4 is 9.47 Å². The van der Waals surface area contributed by atoms with Gasteiger partial charge in [0.05, 0.1) is 29.6 Å². The predicted octanol–water partition coefficient (Wildman–Crippen LogP) is 5.91. The number of carboxylic acids is 1. The molecule has 2 fully saturated rings. The Morgan fingerprint density at radius 3 is 2.37 bits per heavy atom. The van der Waals surface area contributed by atoms with Crippen molar-refractivity contribution in [3.8, 4) is 11.5 Å². The van der Waals surface area contributed by atoms with E-state index in [0.717, 1.165) is 37.8 Å². The van der Waals surface area contributed by atoms with Gasteiger partial charge in [-0.1, -0.05) is 29.3 Å². The van der Waals surface area contributed by atoms with Crippen molar-refractivity contribution in [1.82, 2.24) is 9.80 Å². The molecule has 220 valence electrons. The number of nitrogens with zero attached hydrogens (tertiary/aromatic N) is 2. The lowest BCUT2D eigenvalue weighted by atomic mass is 9.81. The summed E-state index contributed by atoms with van der Waals surface area (Å²) in [6.07, 6.45) is 5.63. The lowest BCUT2D eigenvalue weighted by Crippen LogP contribution is -2.34. The van der Waals surface area contributed by atoms with Crippen molar-refractivity contribution in [3.05, 3.63) is 57.1 Å². The highest BCUT2D eigenvalue weighted by molar-refractivity contribution is 6.42. The van der Waals surface area contributed by atoms with E-state index in [1.165, 1.54) is 16.0 Å². The van der Waals surface area contributed by atoms with Crippen molar-refractivity contribution in [3.63, 3.8) is 0 Å². The third-order valence-electron chi connectivity index (χ3n) is 8.70. The van der Waals surface area contributed by atoms with Gasteiger partial charge in [0.15, 0.2) is 11.5 Å². The van der Waals surface area contributed by atoms with Gasteiger partial charge in [-0.25, -0.2) is 0 Å². The van der Waals surface area contributed by atoms with Crippen molar-refractivity contribution in [1.29, 1.82) is 0 Å². The number of rotatable bonds is 11. The average molecular weight is 604 g/mol. The number of ether oxygens (including phenoxy) is 2. The number of carboxylic acid groups (broad SMARTS) is 1. The Bertz CT molecular complexity index is 1290. The molecule has 2 amide bonds. The number of fused-ring (bicyclic) bond motifs is 1. The first kappa shape index (κ1) is 29.7. The van der Waals surface area contributed by atoms with Crippen molar-refractivity contribution >= 4 is 41.0 Å². The molecule has 0 radical (unpaired) electrons. The molecule has 41 heavy (non-hydrogen) atoms. The van der Waals surface area contributed by atoms with Gasteiger partial charge in [0.2, 0.25) is 11.8 Å². The van der Waals surface area contributed by atoms with E-state index in [9.17, 15) is 19.5 Å². The number of halogens is 2. The number of methoxy groups -OCH3 is 1. The minimum Gasteiger partial charge on any atom is -0.493 e. The Balaban J connectivity index is 1.31. The molecule has 1 aliphatic heterocycles. The average Bonchev–Trinajstić information content (AvgIpc) is 3.51. The molecule has 2 aliphatic carbocycles. The van der Waals surface area contributed by atoms with E-state index in [1.807, 2.05) is 30.3 Å². The van der Waals surface area contributed by atoms with E-state index in [0.29, 0.717) is 46.8 Å². The number of aliphatic carboxylic acids is 1. The summed E-state index contributed by atoms with van der Waals surface area (Å²) in [7, 11) is 1.59. The Hall–Kier alpha value is -2.81. The zero-order valence-corrected chi connectivity index (χ0v) is 24.8.